The topological polar surface area (TPSA) is 43.4 Å². The van der Waals surface area contributed by atoms with E-state index in [4.69, 9.17) is 0 Å². The summed E-state index contributed by atoms with van der Waals surface area (Å²) in [5, 5.41) is 0. The van der Waals surface area contributed by atoms with Gasteiger partial charge in [-0.2, -0.15) is 8.42 Å². The molecule has 0 bridgehead atoms. The minimum atomic E-state index is -3.34. The van der Waals surface area contributed by atoms with Crippen LogP contribution in [0.3, 0.4) is 0 Å². The molecule has 0 heterocycles. The summed E-state index contributed by atoms with van der Waals surface area (Å²) in [6.45, 7) is 3.89. The van der Waals surface area contributed by atoms with Crippen LogP contribution in [0.2, 0.25) is 0 Å². The summed E-state index contributed by atoms with van der Waals surface area (Å²) in [7, 11) is -3.34. The molecular formula is C14H20O3S. The predicted octanol–water partition coefficient (Wildman–Crippen LogP) is 2.93. The van der Waals surface area contributed by atoms with E-state index in [1.165, 1.54) is 11.1 Å². The molecule has 100 valence electrons. The van der Waals surface area contributed by atoms with E-state index < -0.39 is 10.1 Å². The maximum absolute atomic E-state index is 11.3. The largest absolute Gasteiger partial charge is 0.270 e. The molecule has 0 unspecified atom stereocenters. The number of rotatable bonds is 7. The highest BCUT2D eigenvalue weighted by Gasteiger charge is 2.08. The van der Waals surface area contributed by atoms with Crippen LogP contribution in [0.5, 0.6) is 0 Å². The summed E-state index contributed by atoms with van der Waals surface area (Å²) in [6, 6.07) is 10.1. The fraction of sp³-hybridized carbons (Fsp3) is 0.429. The molecule has 0 saturated heterocycles. The van der Waals surface area contributed by atoms with Crippen LogP contribution in [0.25, 0.3) is 0 Å². The molecule has 0 fully saturated rings. The third-order valence-corrected chi connectivity index (χ3v) is 3.81. The molecule has 3 nitrogen and oxygen atoms in total. The maximum atomic E-state index is 11.3. The second kappa shape index (κ2) is 7.34. The molecule has 0 N–H and O–H groups in total. The average molecular weight is 268 g/mol. The molecule has 0 amide bonds. The van der Waals surface area contributed by atoms with E-state index >= 15 is 0 Å². The third-order valence-electron chi connectivity index (χ3n) is 2.48. The highest BCUT2D eigenvalue weighted by Crippen LogP contribution is 2.08. The highest BCUT2D eigenvalue weighted by atomic mass is 32.2. The van der Waals surface area contributed by atoms with Crippen LogP contribution in [0.1, 0.15) is 25.8 Å². The second-order valence-electron chi connectivity index (χ2n) is 4.17. The van der Waals surface area contributed by atoms with Crippen LogP contribution in [0.15, 0.2) is 42.0 Å². The standard InChI is InChI=1S/C14H20O3S/c1-3-17-18(15,16)11-7-8-13(2)12-14-9-5-4-6-10-14/h4-6,8-10H,3,7,11-12H2,1-2H3. The summed E-state index contributed by atoms with van der Waals surface area (Å²) in [4.78, 5) is 0. The molecule has 0 aliphatic carbocycles. The van der Waals surface area contributed by atoms with Crippen molar-refractivity contribution in [2.75, 3.05) is 12.4 Å². The Kier molecular flexibility index (Phi) is 6.09. The van der Waals surface area contributed by atoms with Crippen molar-refractivity contribution in [3.05, 3.63) is 47.5 Å². The molecule has 0 atom stereocenters. The molecule has 0 aromatic heterocycles. The first kappa shape index (κ1) is 14.9. The monoisotopic (exact) mass is 268 g/mol. The first-order chi connectivity index (χ1) is 8.53. The van der Waals surface area contributed by atoms with Crippen molar-refractivity contribution in [1.29, 1.82) is 0 Å². The molecule has 1 rings (SSSR count). The van der Waals surface area contributed by atoms with Gasteiger partial charge in [0.15, 0.2) is 0 Å². The Hall–Kier alpha value is -1.13. The van der Waals surface area contributed by atoms with E-state index in [2.05, 4.69) is 16.3 Å². The van der Waals surface area contributed by atoms with Gasteiger partial charge in [0.25, 0.3) is 10.1 Å². The van der Waals surface area contributed by atoms with Crippen LogP contribution in [-0.4, -0.2) is 20.8 Å². The van der Waals surface area contributed by atoms with Crippen molar-refractivity contribution in [2.45, 2.75) is 26.7 Å². The Bertz CT molecular complexity index is 475. The summed E-state index contributed by atoms with van der Waals surface area (Å²) < 4.78 is 27.3. The van der Waals surface area contributed by atoms with E-state index in [-0.39, 0.29) is 12.4 Å². The molecule has 0 aliphatic heterocycles. The quantitative estimate of drug-likeness (QED) is 0.564. The van der Waals surface area contributed by atoms with Crippen LogP contribution in [-0.2, 0) is 20.7 Å². The molecule has 0 aliphatic rings. The normalized spacial score (nSPS) is 12.7. The fourth-order valence-corrected chi connectivity index (χ4v) is 2.56. The van der Waals surface area contributed by atoms with Gasteiger partial charge in [-0.25, -0.2) is 0 Å². The maximum Gasteiger partial charge on any atom is 0.267 e. The minimum Gasteiger partial charge on any atom is -0.270 e. The zero-order chi connectivity index (χ0) is 13.4. The van der Waals surface area contributed by atoms with Gasteiger partial charge in [0, 0.05) is 0 Å². The zero-order valence-corrected chi connectivity index (χ0v) is 11.7. The third kappa shape index (κ3) is 5.98. The summed E-state index contributed by atoms with van der Waals surface area (Å²) in [5.41, 5.74) is 2.41. The van der Waals surface area contributed by atoms with Crippen LogP contribution in [0.4, 0.5) is 0 Å². The van der Waals surface area contributed by atoms with Gasteiger partial charge in [-0.15, -0.1) is 0 Å². The molecule has 1 aromatic carbocycles. The van der Waals surface area contributed by atoms with Gasteiger partial charge in [0.05, 0.1) is 12.4 Å². The lowest BCUT2D eigenvalue weighted by Gasteiger charge is -2.03. The van der Waals surface area contributed by atoms with Crippen LogP contribution in [0, 0.1) is 0 Å². The average Bonchev–Trinajstić information content (AvgIpc) is 2.29. The molecular weight excluding hydrogens is 248 g/mol. The lowest BCUT2D eigenvalue weighted by Crippen LogP contribution is -2.09. The Balaban J connectivity index is 2.44. The lowest BCUT2D eigenvalue weighted by atomic mass is 10.1. The molecule has 0 saturated carbocycles. The number of allylic oxidation sites excluding steroid dienone is 2. The van der Waals surface area contributed by atoms with E-state index in [1.807, 2.05) is 31.2 Å². The molecule has 4 heteroatoms. The van der Waals surface area contributed by atoms with E-state index in [1.54, 1.807) is 6.92 Å². The fourth-order valence-electron chi connectivity index (χ4n) is 1.68. The molecule has 18 heavy (non-hydrogen) atoms. The molecule has 0 spiro atoms. The van der Waals surface area contributed by atoms with Gasteiger partial charge in [-0.1, -0.05) is 42.0 Å². The number of benzene rings is 1. The van der Waals surface area contributed by atoms with Crippen molar-refractivity contribution in [2.24, 2.45) is 0 Å². The predicted molar refractivity (Wildman–Crippen MR) is 73.9 cm³/mol. The highest BCUT2D eigenvalue weighted by molar-refractivity contribution is 7.86. The second-order valence-corrected chi connectivity index (χ2v) is 5.93. The van der Waals surface area contributed by atoms with Crippen molar-refractivity contribution < 1.29 is 12.6 Å². The minimum absolute atomic E-state index is 0.0486. The van der Waals surface area contributed by atoms with Gasteiger partial charge in [0.2, 0.25) is 0 Å². The Labute approximate surface area is 110 Å². The van der Waals surface area contributed by atoms with Gasteiger partial charge >= 0.3 is 0 Å². The van der Waals surface area contributed by atoms with Crippen molar-refractivity contribution in [1.82, 2.24) is 0 Å². The SMILES string of the molecule is CCOS(=O)(=O)CCC=C(C)Cc1ccccc1. The number of hydrogen-bond donors (Lipinski definition) is 0. The first-order valence-electron chi connectivity index (χ1n) is 6.10. The van der Waals surface area contributed by atoms with E-state index in [0.29, 0.717) is 6.42 Å². The van der Waals surface area contributed by atoms with Crippen molar-refractivity contribution in [3.63, 3.8) is 0 Å². The summed E-state index contributed by atoms with van der Waals surface area (Å²) in [6.07, 6.45) is 3.32. The van der Waals surface area contributed by atoms with E-state index in [9.17, 15) is 8.42 Å². The van der Waals surface area contributed by atoms with Crippen LogP contribution < -0.4 is 0 Å². The van der Waals surface area contributed by atoms with E-state index in [0.717, 1.165) is 6.42 Å². The first-order valence-corrected chi connectivity index (χ1v) is 7.68. The van der Waals surface area contributed by atoms with Gasteiger partial charge in [-0.05, 0) is 32.3 Å². The van der Waals surface area contributed by atoms with Crippen molar-refractivity contribution in [3.8, 4) is 0 Å². The molecule has 1 aromatic rings. The van der Waals surface area contributed by atoms with Crippen LogP contribution >= 0.6 is 0 Å². The van der Waals surface area contributed by atoms with Gasteiger partial charge in [-0.3, -0.25) is 4.18 Å². The summed E-state index contributed by atoms with van der Waals surface area (Å²) in [5.74, 6) is 0.0486. The zero-order valence-electron chi connectivity index (χ0n) is 10.9. The Morgan fingerprint density at radius 2 is 1.94 bits per heavy atom. The smallest absolute Gasteiger partial charge is 0.267 e. The Morgan fingerprint density at radius 3 is 2.56 bits per heavy atom. The van der Waals surface area contributed by atoms with Gasteiger partial charge < -0.3 is 0 Å². The lowest BCUT2D eigenvalue weighted by molar-refractivity contribution is 0.338. The summed E-state index contributed by atoms with van der Waals surface area (Å²) >= 11 is 0. The number of hydrogen-bond acceptors (Lipinski definition) is 3. The molecule has 0 radical (unpaired) electrons. The van der Waals surface area contributed by atoms with Crippen molar-refractivity contribution >= 4 is 10.1 Å². The van der Waals surface area contributed by atoms with Gasteiger partial charge in [0.1, 0.15) is 0 Å². The Morgan fingerprint density at radius 1 is 1.28 bits per heavy atom.